The molecule has 212 valence electrons. The fourth-order valence-corrected chi connectivity index (χ4v) is 5.38. The number of ether oxygens (including phenoxy) is 2. The number of benzene rings is 3. The number of carbonyl (C=O) groups excluding carboxylic acids is 4. The van der Waals surface area contributed by atoms with E-state index in [0.29, 0.717) is 35.1 Å². The van der Waals surface area contributed by atoms with Crippen LogP contribution in [0.15, 0.2) is 66.7 Å². The summed E-state index contributed by atoms with van der Waals surface area (Å²) in [7, 11) is 1.50. The average Bonchev–Trinajstić information content (AvgIpc) is 3.30. The van der Waals surface area contributed by atoms with Gasteiger partial charge < -0.3 is 14.4 Å². The molecule has 1 unspecified atom stereocenters. The van der Waals surface area contributed by atoms with Gasteiger partial charge in [0.25, 0.3) is 5.91 Å². The number of anilines is 2. The van der Waals surface area contributed by atoms with E-state index < -0.39 is 18.6 Å². The van der Waals surface area contributed by atoms with Gasteiger partial charge in [-0.1, -0.05) is 29.8 Å². The van der Waals surface area contributed by atoms with Crippen LogP contribution in [0.5, 0.6) is 5.75 Å². The standard InChI is InChI=1S/C31H30ClN3O6/c1-20-6-9-23(32)17-26(20)33-12-14-34(15-13-33)27-18-29(37)35(30(27)38)24-10-7-21(8-11-24)31(39)41-19-28(36)22-4-3-5-25(16-22)40-2/h3-11,16-17,27H,12-15,18-19H2,1-2H3. The molecular weight excluding hydrogens is 546 g/mol. The van der Waals surface area contributed by atoms with Crippen molar-refractivity contribution in [2.45, 2.75) is 19.4 Å². The number of ketones is 1. The van der Waals surface area contributed by atoms with Gasteiger partial charge in [-0.05, 0) is 61.0 Å². The summed E-state index contributed by atoms with van der Waals surface area (Å²) < 4.78 is 10.3. The number of nitrogens with zero attached hydrogens (tertiary/aromatic N) is 3. The van der Waals surface area contributed by atoms with Gasteiger partial charge in [-0.25, -0.2) is 9.69 Å². The highest BCUT2D eigenvalue weighted by atomic mass is 35.5. The summed E-state index contributed by atoms with van der Waals surface area (Å²) in [5.41, 5.74) is 3.18. The van der Waals surface area contributed by atoms with Gasteiger partial charge in [-0.2, -0.15) is 0 Å². The Bertz CT molecular complexity index is 1480. The molecule has 3 aromatic rings. The molecule has 2 heterocycles. The number of methoxy groups -OCH3 is 1. The predicted molar refractivity (Wildman–Crippen MR) is 155 cm³/mol. The Kier molecular flexibility index (Phi) is 8.37. The number of piperazine rings is 1. The van der Waals surface area contributed by atoms with Crippen LogP contribution in [0.1, 0.15) is 32.7 Å². The summed E-state index contributed by atoms with van der Waals surface area (Å²) in [6, 6.07) is 17.9. The summed E-state index contributed by atoms with van der Waals surface area (Å²) in [6.45, 7) is 4.34. The van der Waals surface area contributed by atoms with Crippen molar-refractivity contribution in [1.82, 2.24) is 4.90 Å². The number of halogens is 1. The van der Waals surface area contributed by atoms with Crippen molar-refractivity contribution in [3.8, 4) is 5.75 Å². The molecule has 0 bridgehead atoms. The summed E-state index contributed by atoms with van der Waals surface area (Å²) in [5, 5.41) is 0.682. The van der Waals surface area contributed by atoms with Gasteiger partial charge in [0.05, 0.1) is 30.8 Å². The summed E-state index contributed by atoms with van der Waals surface area (Å²) in [6.07, 6.45) is 0.102. The van der Waals surface area contributed by atoms with E-state index in [2.05, 4.69) is 9.80 Å². The van der Waals surface area contributed by atoms with Gasteiger partial charge in [-0.15, -0.1) is 0 Å². The molecule has 0 saturated carbocycles. The molecule has 2 saturated heterocycles. The quantitative estimate of drug-likeness (QED) is 0.225. The van der Waals surface area contributed by atoms with E-state index in [1.165, 1.54) is 24.1 Å². The van der Waals surface area contributed by atoms with Crippen LogP contribution in [0.3, 0.4) is 0 Å². The lowest BCUT2D eigenvalue weighted by molar-refractivity contribution is -0.123. The van der Waals surface area contributed by atoms with Crippen molar-refractivity contribution in [2.24, 2.45) is 0 Å². The van der Waals surface area contributed by atoms with E-state index in [0.717, 1.165) is 24.3 Å². The number of rotatable bonds is 8. The van der Waals surface area contributed by atoms with E-state index in [1.54, 1.807) is 36.4 Å². The second kappa shape index (κ2) is 12.1. The maximum atomic E-state index is 13.3. The third-order valence-corrected chi connectivity index (χ3v) is 7.71. The lowest BCUT2D eigenvalue weighted by Gasteiger charge is -2.38. The maximum absolute atomic E-state index is 13.3. The Hall–Kier alpha value is -4.21. The molecule has 2 aliphatic heterocycles. The Morgan fingerprint density at radius 3 is 2.37 bits per heavy atom. The Labute approximate surface area is 243 Å². The number of aryl methyl sites for hydroxylation is 1. The fourth-order valence-electron chi connectivity index (χ4n) is 5.21. The summed E-state index contributed by atoms with van der Waals surface area (Å²) in [5.74, 6) is -1.08. The number of amides is 2. The third kappa shape index (κ3) is 6.11. The number of carbonyl (C=O) groups is 4. The molecule has 0 aromatic heterocycles. The van der Waals surface area contributed by atoms with E-state index in [9.17, 15) is 19.2 Å². The second-order valence-corrected chi connectivity index (χ2v) is 10.5. The van der Waals surface area contributed by atoms with Gasteiger partial charge in [0.15, 0.2) is 12.4 Å². The first kappa shape index (κ1) is 28.3. The molecule has 0 radical (unpaired) electrons. The molecule has 1 atom stereocenters. The van der Waals surface area contributed by atoms with Gasteiger partial charge in [0, 0.05) is 42.5 Å². The van der Waals surface area contributed by atoms with Crippen molar-refractivity contribution in [3.63, 3.8) is 0 Å². The average molecular weight is 576 g/mol. The zero-order chi connectivity index (χ0) is 29.1. The monoisotopic (exact) mass is 575 g/mol. The second-order valence-electron chi connectivity index (χ2n) is 10.0. The van der Waals surface area contributed by atoms with Crippen molar-refractivity contribution in [1.29, 1.82) is 0 Å². The van der Waals surface area contributed by atoms with E-state index >= 15 is 0 Å². The maximum Gasteiger partial charge on any atom is 0.338 e. The minimum Gasteiger partial charge on any atom is -0.497 e. The number of imide groups is 1. The molecule has 0 spiro atoms. The summed E-state index contributed by atoms with van der Waals surface area (Å²) >= 11 is 6.20. The summed E-state index contributed by atoms with van der Waals surface area (Å²) in [4.78, 5) is 56.7. The zero-order valence-electron chi connectivity index (χ0n) is 22.8. The van der Waals surface area contributed by atoms with Gasteiger partial charge in [0.2, 0.25) is 5.91 Å². The van der Waals surface area contributed by atoms with E-state index in [-0.39, 0.29) is 29.6 Å². The van der Waals surface area contributed by atoms with Crippen LogP contribution in [0, 0.1) is 6.92 Å². The Morgan fingerprint density at radius 1 is 0.927 bits per heavy atom. The van der Waals surface area contributed by atoms with Crippen LogP contribution in [0.2, 0.25) is 5.02 Å². The molecule has 3 aromatic carbocycles. The van der Waals surface area contributed by atoms with Gasteiger partial charge in [0.1, 0.15) is 5.75 Å². The first-order valence-electron chi connectivity index (χ1n) is 13.3. The molecule has 9 nitrogen and oxygen atoms in total. The number of Topliss-reactive ketones (excluding diaryl/α,β-unsaturated/α-hetero) is 1. The van der Waals surface area contributed by atoms with Crippen LogP contribution < -0.4 is 14.5 Å². The lowest BCUT2D eigenvalue weighted by atomic mass is 10.1. The van der Waals surface area contributed by atoms with Crippen molar-refractivity contribution in [2.75, 3.05) is 49.7 Å². The van der Waals surface area contributed by atoms with Gasteiger partial charge >= 0.3 is 5.97 Å². The minimum absolute atomic E-state index is 0.102. The normalized spacial score (nSPS) is 17.6. The van der Waals surface area contributed by atoms with Crippen LogP contribution in [0.25, 0.3) is 0 Å². The van der Waals surface area contributed by atoms with Crippen molar-refractivity contribution < 1.29 is 28.7 Å². The predicted octanol–water partition coefficient (Wildman–Crippen LogP) is 4.15. The van der Waals surface area contributed by atoms with Crippen molar-refractivity contribution >= 4 is 46.5 Å². The van der Waals surface area contributed by atoms with Gasteiger partial charge in [-0.3, -0.25) is 19.3 Å². The van der Waals surface area contributed by atoms with E-state index in [1.807, 2.05) is 25.1 Å². The van der Waals surface area contributed by atoms with Crippen LogP contribution >= 0.6 is 11.6 Å². The lowest BCUT2D eigenvalue weighted by Crippen LogP contribution is -2.52. The molecule has 5 rings (SSSR count). The molecule has 2 amide bonds. The SMILES string of the molecule is COc1cccc(C(=O)COC(=O)c2ccc(N3C(=O)CC(N4CCN(c5cc(Cl)ccc5C)CC4)C3=O)cc2)c1. The molecule has 2 fully saturated rings. The molecule has 0 aliphatic carbocycles. The van der Waals surface area contributed by atoms with Crippen LogP contribution in [-0.4, -0.2) is 74.4 Å². The Morgan fingerprint density at radius 2 is 1.66 bits per heavy atom. The van der Waals surface area contributed by atoms with E-state index in [4.69, 9.17) is 21.1 Å². The fraction of sp³-hybridized carbons (Fsp3) is 0.290. The first-order chi connectivity index (χ1) is 19.7. The third-order valence-electron chi connectivity index (χ3n) is 7.48. The van der Waals surface area contributed by atoms with Crippen LogP contribution in [0.4, 0.5) is 11.4 Å². The Balaban J connectivity index is 1.17. The molecular formula is C31H30ClN3O6. The minimum atomic E-state index is -0.683. The highest BCUT2D eigenvalue weighted by molar-refractivity contribution is 6.30. The van der Waals surface area contributed by atoms with Crippen molar-refractivity contribution in [3.05, 3.63) is 88.4 Å². The molecule has 2 aliphatic rings. The number of hydrogen-bond donors (Lipinski definition) is 0. The number of hydrogen-bond acceptors (Lipinski definition) is 8. The molecule has 10 heteroatoms. The highest BCUT2D eigenvalue weighted by Crippen LogP contribution is 2.29. The zero-order valence-corrected chi connectivity index (χ0v) is 23.6. The largest absolute Gasteiger partial charge is 0.497 e. The van der Waals surface area contributed by atoms with Crippen LogP contribution in [-0.2, 0) is 14.3 Å². The topological polar surface area (TPSA) is 96.5 Å². The first-order valence-corrected chi connectivity index (χ1v) is 13.7. The molecule has 0 N–H and O–H groups in total. The number of esters is 1. The highest BCUT2D eigenvalue weighted by Gasteiger charge is 2.43. The smallest absolute Gasteiger partial charge is 0.338 e. The molecule has 41 heavy (non-hydrogen) atoms.